The Morgan fingerprint density at radius 3 is 2.88 bits per heavy atom. The van der Waals surface area contributed by atoms with Crippen LogP contribution in [-0.2, 0) is 6.42 Å². The fraction of sp³-hybridized carbons (Fsp3) is 0.650. The largest absolute Gasteiger partial charge is 0.497 e. The summed E-state index contributed by atoms with van der Waals surface area (Å²) >= 11 is 3.68. The second kappa shape index (κ2) is 9.09. The van der Waals surface area contributed by atoms with E-state index in [9.17, 15) is 0 Å². The number of nitrogens with one attached hydrogen (secondary N) is 1. The van der Waals surface area contributed by atoms with Crippen molar-refractivity contribution in [3.63, 3.8) is 0 Å². The third-order valence-corrected chi connectivity index (χ3v) is 6.62. The molecule has 0 aliphatic carbocycles. The van der Waals surface area contributed by atoms with Crippen LogP contribution in [0.3, 0.4) is 0 Å². The van der Waals surface area contributed by atoms with Crippen molar-refractivity contribution in [2.75, 3.05) is 39.8 Å². The van der Waals surface area contributed by atoms with Crippen molar-refractivity contribution in [2.24, 2.45) is 17.6 Å². The number of benzene rings is 1. The van der Waals surface area contributed by atoms with Crippen molar-refractivity contribution < 1.29 is 4.74 Å². The summed E-state index contributed by atoms with van der Waals surface area (Å²) in [5.41, 5.74) is 7.01. The molecule has 2 heterocycles. The van der Waals surface area contributed by atoms with E-state index >= 15 is 0 Å². The number of methoxy groups -OCH3 is 1. The summed E-state index contributed by atoms with van der Waals surface area (Å²) in [6, 6.07) is 6.25. The van der Waals surface area contributed by atoms with Gasteiger partial charge in [-0.2, -0.15) is 0 Å². The summed E-state index contributed by atoms with van der Waals surface area (Å²) in [4.78, 5) is 4.65. The van der Waals surface area contributed by atoms with Gasteiger partial charge in [0.15, 0.2) is 5.96 Å². The first-order chi connectivity index (χ1) is 12.5. The lowest BCUT2D eigenvalue weighted by atomic mass is 9.94. The van der Waals surface area contributed by atoms with Gasteiger partial charge in [-0.25, -0.2) is 0 Å². The van der Waals surface area contributed by atoms with Crippen molar-refractivity contribution in [2.45, 2.75) is 32.1 Å². The molecular formula is C20H31BrN4O. The van der Waals surface area contributed by atoms with Crippen LogP contribution >= 0.6 is 15.9 Å². The van der Waals surface area contributed by atoms with Crippen LogP contribution in [0.25, 0.3) is 0 Å². The number of hydrogen-bond acceptors (Lipinski definition) is 3. The summed E-state index contributed by atoms with van der Waals surface area (Å²) in [7, 11) is 1.73. The van der Waals surface area contributed by atoms with E-state index in [0.717, 1.165) is 37.6 Å². The van der Waals surface area contributed by atoms with Crippen molar-refractivity contribution in [3.05, 3.63) is 28.2 Å². The number of halogens is 1. The molecule has 3 rings (SSSR count). The van der Waals surface area contributed by atoms with E-state index < -0.39 is 0 Å². The van der Waals surface area contributed by atoms with E-state index in [4.69, 9.17) is 15.9 Å². The molecule has 1 aromatic rings. The summed E-state index contributed by atoms with van der Waals surface area (Å²) in [5.74, 6) is 2.57. The second-order valence-electron chi connectivity index (χ2n) is 7.74. The molecule has 3 N–H and O–H groups in total. The van der Waals surface area contributed by atoms with Crippen molar-refractivity contribution in [1.82, 2.24) is 9.80 Å². The maximum atomic E-state index is 7.64. The molecule has 2 aliphatic rings. The van der Waals surface area contributed by atoms with Gasteiger partial charge in [-0.3, -0.25) is 5.41 Å². The summed E-state index contributed by atoms with van der Waals surface area (Å²) in [5, 5.41) is 7.64. The second-order valence-corrected chi connectivity index (χ2v) is 8.60. The average Bonchev–Trinajstić information content (AvgIpc) is 3.09. The Labute approximate surface area is 165 Å². The van der Waals surface area contributed by atoms with Gasteiger partial charge in [0.2, 0.25) is 0 Å². The zero-order chi connectivity index (χ0) is 18.5. The number of nitrogens with zero attached hydrogens (tertiary/aromatic N) is 2. The number of nitrogens with two attached hydrogens (primary N) is 1. The Morgan fingerprint density at radius 1 is 1.27 bits per heavy atom. The number of likely N-dealkylation sites (tertiary alicyclic amines) is 2. The molecular weight excluding hydrogens is 392 g/mol. The van der Waals surface area contributed by atoms with Crippen LogP contribution in [0.5, 0.6) is 5.75 Å². The number of rotatable bonds is 6. The third-order valence-electron chi connectivity index (χ3n) is 5.84. The first-order valence-corrected chi connectivity index (χ1v) is 10.5. The molecule has 144 valence electrons. The highest BCUT2D eigenvalue weighted by atomic mass is 79.9. The van der Waals surface area contributed by atoms with E-state index in [-0.39, 0.29) is 5.96 Å². The lowest BCUT2D eigenvalue weighted by molar-refractivity contribution is 0.215. The van der Waals surface area contributed by atoms with Gasteiger partial charge in [0.05, 0.1) is 7.11 Å². The molecule has 5 nitrogen and oxygen atoms in total. The van der Waals surface area contributed by atoms with E-state index in [2.05, 4.69) is 33.0 Å². The molecule has 6 heteroatoms. The SMILES string of the molecule is COc1ccc(Br)c(CC2CCN(CCC3CCCN(C(=N)N)C3)C2)c1. The molecule has 0 amide bonds. The smallest absolute Gasteiger partial charge is 0.188 e. The van der Waals surface area contributed by atoms with Gasteiger partial charge in [-0.1, -0.05) is 15.9 Å². The van der Waals surface area contributed by atoms with Gasteiger partial charge >= 0.3 is 0 Å². The van der Waals surface area contributed by atoms with Gasteiger partial charge in [-0.05, 0) is 80.8 Å². The van der Waals surface area contributed by atoms with Gasteiger partial charge in [0.1, 0.15) is 5.75 Å². The number of guanidine groups is 1. The minimum Gasteiger partial charge on any atom is -0.497 e. The van der Waals surface area contributed by atoms with Crippen LogP contribution in [0.2, 0.25) is 0 Å². The zero-order valence-corrected chi connectivity index (χ0v) is 17.3. The third kappa shape index (κ3) is 5.13. The van der Waals surface area contributed by atoms with Crippen LogP contribution in [0.15, 0.2) is 22.7 Å². The van der Waals surface area contributed by atoms with E-state index in [0.29, 0.717) is 5.92 Å². The average molecular weight is 423 g/mol. The number of piperidine rings is 1. The highest BCUT2D eigenvalue weighted by molar-refractivity contribution is 9.10. The Morgan fingerprint density at radius 2 is 2.12 bits per heavy atom. The predicted molar refractivity (Wildman–Crippen MR) is 110 cm³/mol. The van der Waals surface area contributed by atoms with Gasteiger partial charge < -0.3 is 20.3 Å². The fourth-order valence-electron chi connectivity index (χ4n) is 4.31. The molecule has 2 saturated heterocycles. The topological polar surface area (TPSA) is 65.6 Å². The maximum Gasteiger partial charge on any atom is 0.188 e. The van der Waals surface area contributed by atoms with Crippen molar-refractivity contribution in [1.29, 1.82) is 5.41 Å². The first-order valence-electron chi connectivity index (χ1n) is 9.69. The van der Waals surface area contributed by atoms with E-state index in [1.165, 1.54) is 48.9 Å². The molecule has 0 radical (unpaired) electrons. The predicted octanol–water partition coefficient (Wildman–Crippen LogP) is 3.32. The van der Waals surface area contributed by atoms with Crippen LogP contribution in [0.4, 0.5) is 0 Å². The molecule has 2 unspecified atom stereocenters. The maximum absolute atomic E-state index is 7.64. The Kier molecular flexibility index (Phi) is 6.81. The highest BCUT2D eigenvalue weighted by Gasteiger charge is 2.26. The molecule has 2 fully saturated rings. The lowest BCUT2D eigenvalue weighted by Gasteiger charge is -2.33. The Hall–Kier alpha value is -1.27. The lowest BCUT2D eigenvalue weighted by Crippen LogP contribution is -2.44. The van der Waals surface area contributed by atoms with E-state index in [1.807, 2.05) is 11.0 Å². The first kappa shape index (κ1) is 19.5. The van der Waals surface area contributed by atoms with Crippen molar-refractivity contribution >= 4 is 21.9 Å². The van der Waals surface area contributed by atoms with Crippen LogP contribution in [-0.4, -0.2) is 55.6 Å². The summed E-state index contributed by atoms with van der Waals surface area (Å²) in [6.45, 7) is 5.48. The quantitative estimate of drug-likeness (QED) is 0.544. The normalized spacial score (nSPS) is 24.0. The Bertz CT molecular complexity index is 624. The van der Waals surface area contributed by atoms with Gasteiger partial charge in [0, 0.05) is 24.1 Å². The zero-order valence-electron chi connectivity index (χ0n) is 15.7. The molecule has 0 aromatic heterocycles. The van der Waals surface area contributed by atoms with Gasteiger partial charge in [0.25, 0.3) is 0 Å². The van der Waals surface area contributed by atoms with Crippen molar-refractivity contribution in [3.8, 4) is 5.75 Å². The minimum absolute atomic E-state index is 0.236. The Balaban J connectivity index is 1.45. The minimum atomic E-state index is 0.236. The monoisotopic (exact) mass is 422 g/mol. The van der Waals surface area contributed by atoms with Gasteiger partial charge in [-0.15, -0.1) is 0 Å². The number of ether oxygens (including phenoxy) is 1. The molecule has 1 aromatic carbocycles. The molecule has 2 aliphatic heterocycles. The van der Waals surface area contributed by atoms with Crippen LogP contribution in [0, 0.1) is 17.2 Å². The highest BCUT2D eigenvalue weighted by Crippen LogP contribution is 2.29. The van der Waals surface area contributed by atoms with Crippen LogP contribution < -0.4 is 10.5 Å². The molecule has 0 saturated carbocycles. The van der Waals surface area contributed by atoms with E-state index in [1.54, 1.807) is 7.11 Å². The van der Waals surface area contributed by atoms with Crippen LogP contribution in [0.1, 0.15) is 31.2 Å². The molecule has 0 spiro atoms. The standard InChI is InChI=1S/C20H31BrN4O/c1-26-18-4-5-19(21)17(12-18)11-16-7-10-24(13-16)9-6-15-3-2-8-25(14-15)20(22)23/h4-5,12,15-16H,2-3,6-11,13-14H2,1H3,(H3,22,23). The fourth-order valence-corrected chi connectivity index (χ4v) is 4.72. The molecule has 2 atom stereocenters. The molecule has 26 heavy (non-hydrogen) atoms. The summed E-state index contributed by atoms with van der Waals surface area (Å²) < 4.78 is 6.55. The molecule has 0 bridgehead atoms. The summed E-state index contributed by atoms with van der Waals surface area (Å²) in [6.07, 6.45) is 6.04. The number of hydrogen-bond donors (Lipinski definition) is 2.